The molecule has 7 aromatic rings. The Labute approximate surface area is 317 Å². The number of nitrogens with zero attached hydrogens (tertiary/aromatic N) is 5. The number of aromatic nitrogens is 5. The number of fused-ring (bicyclic) bond motifs is 3. The maximum absolute atomic E-state index is 9.05. The molecule has 266 valence electrons. The van der Waals surface area contributed by atoms with Gasteiger partial charge in [-0.15, -0.1) is 0 Å². The van der Waals surface area contributed by atoms with Gasteiger partial charge in [-0.3, -0.25) is 18.7 Å². The predicted molar refractivity (Wildman–Crippen MR) is 212 cm³/mol. The molecule has 0 bridgehead atoms. The van der Waals surface area contributed by atoms with E-state index in [1.807, 2.05) is 109 Å². The summed E-state index contributed by atoms with van der Waals surface area (Å²) in [6, 6.07) is 26.4. The maximum Gasteiger partial charge on any atom is 0.270 e. The van der Waals surface area contributed by atoms with Gasteiger partial charge in [0.1, 0.15) is 17.3 Å². The molecule has 6 heteroatoms. The molecular formula is C46H51N5O. The molecule has 0 atom stereocenters. The monoisotopic (exact) mass is 695 g/mol. The van der Waals surface area contributed by atoms with E-state index in [0.717, 1.165) is 21.8 Å². The summed E-state index contributed by atoms with van der Waals surface area (Å²) in [5, 5.41) is 2.05. The highest BCUT2D eigenvalue weighted by atomic mass is 16.5. The first kappa shape index (κ1) is 28.4. The third-order valence-electron chi connectivity index (χ3n) is 8.15. The van der Waals surface area contributed by atoms with Crippen LogP contribution in [0.5, 0.6) is 11.5 Å². The molecule has 52 heavy (non-hydrogen) atoms. The molecule has 0 aliphatic heterocycles. The molecule has 0 N–H and O–H groups in total. The maximum atomic E-state index is 9.05. The van der Waals surface area contributed by atoms with Crippen molar-refractivity contribution in [1.29, 1.82) is 0 Å². The van der Waals surface area contributed by atoms with E-state index in [1.54, 1.807) is 70.3 Å². The second kappa shape index (κ2) is 13.4. The van der Waals surface area contributed by atoms with Crippen molar-refractivity contribution >= 4 is 21.8 Å². The molecule has 0 radical (unpaired) electrons. The number of hydrogen-bond donors (Lipinski definition) is 0. The van der Waals surface area contributed by atoms with Crippen molar-refractivity contribution in [3.05, 3.63) is 133 Å². The normalized spacial score (nSPS) is 15.1. The van der Waals surface area contributed by atoms with E-state index in [4.69, 9.17) is 17.9 Å². The summed E-state index contributed by atoms with van der Waals surface area (Å²) < 4.78 is 66.0. The number of imidazole rings is 1. The fourth-order valence-corrected chi connectivity index (χ4v) is 6.39. The minimum Gasteiger partial charge on any atom is -0.458 e. The number of para-hydroxylation sites is 1. The fraction of sp³-hybridized carbons (Fsp3) is 0.326. The lowest BCUT2D eigenvalue weighted by Crippen LogP contribution is -2.29. The number of rotatable bonds is 8. The Morgan fingerprint density at radius 2 is 1.25 bits per heavy atom. The molecule has 0 aliphatic rings. The zero-order chi connectivity index (χ0) is 42.2. The predicted octanol–water partition coefficient (Wildman–Crippen LogP) is 11.0. The Kier molecular flexibility index (Phi) is 7.31. The molecular weight excluding hydrogens is 639 g/mol. The van der Waals surface area contributed by atoms with Crippen LogP contribution in [-0.4, -0.2) is 19.1 Å². The number of pyridine rings is 2. The lowest BCUT2D eigenvalue weighted by atomic mass is 9.84. The van der Waals surface area contributed by atoms with Crippen LogP contribution < -0.4 is 9.30 Å². The van der Waals surface area contributed by atoms with E-state index in [1.165, 1.54) is 0 Å². The molecule has 4 aromatic heterocycles. The quantitative estimate of drug-likeness (QED) is 0.117. The Morgan fingerprint density at radius 3 is 1.96 bits per heavy atom. The largest absolute Gasteiger partial charge is 0.458 e. The molecule has 0 unspecified atom stereocenters. The third kappa shape index (κ3) is 8.12. The minimum atomic E-state index is -1.75. The van der Waals surface area contributed by atoms with E-state index in [-0.39, 0.29) is 0 Å². The van der Waals surface area contributed by atoms with E-state index in [9.17, 15) is 0 Å². The summed E-state index contributed by atoms with van der Waals surface area (Å²) in [5.41, 5.74) is 1.63. The van der Waals surface area contributed by atoms with Gasteiger partial charge in [-0.2, -0.15) is 0 Å². The number of ether oxygens (including phenoxy) is 1. The lowest BCUT2D eigenvalue weighted by molar-refractivity contribution is -0.599. The molecule has 3 aromatic carbocycles. The second-order valence-corrected chi connectivity index (χ2v) is 16.4. The first-order valence-corrected chi connectivity index (χ1v) is 17.7. The minimum absolute atomic E-state index is 0.396. The first-order chi connectivity index (χ1) is 26.9. The zero-order valence-electron chi connectivity index (χ0n) is 37.5. The van der Waals surface area contributed by atoms with E-state index >= 15 is 0 Å². The van der Waals surface area contributed by atoms with Crippen LogP contribution in [0.2, 0.25) is 0 Å². The van der Waals surface area contributed by atoms with Gasteiger partial charge in [-0.25, -0.2) is 4.98 Å². The smallest absolute Gasteiger partial charge is 0.270 e. The van der Waals surface area contributed by atoms with Crippen LogP contribution in [-0.2, 0) is 19.1 Å². The molecule has 0 spiro atoms. The molecule has 0 aliphatic carbocycles. The fourth-order valence-electron chi connectivity index (χ4n) is 6.39. The van der Waals surface area contributed by atoms with Gasteiger partial charge in [0.25, 0.3) is 6.33 Å². The summed E-state index contributed by atoms with van der Waals surface area (Å²) in [4.78, 5) is 9.31. The van der Waals surface area contributed by atoms with E-state index < -0.39 is 35.4 Å². The Hall–Kier alpha value is -5.23. The van der Waals surface area contributed by atoms with Crippen LogP contribution in [0.3, 0.4) is 0 Å². The number of hydrogen-bond acceptors (Lipinski definition) is 3. The van der Waals surface area contributed by atoms with Crippen molar-refractivity contribution in [1.82, 2.24) is 19.1 Å². The van der Waals surface area contributed by atoms with Crippen molar-refractivity contribution in [3.8, 4) is 28.8 Å². The van der Waals surface area contributed by atoms with Crippen LogP contribution in [0.4, 0.5) is 0 Å². The highest BCUT2D eigenvalue weighted by Crippen LogP contribution is 2.35. The van der Waals surface area contributed by atoms with Crippen molar-refractivity contribution in [2.75, 3.05) is 0 Å². The Balaban J connectivity index is 1.25. The average molecular weight is 696 g/mol. The molecule has 6 nitrogen and oxygen atoms in total. The molecule has 0 saturated carbocycles. The van der Waals surface area contributed by atoms with Crippen molar-refractivity contribution < 1.29 is 17.5 Å². The summed E-state index contributed by atoms with van der Waals surface area (Å²) in [5.74, 6) is 2.28. The van der Waals surface area contributed by atoms with Crippen LogP contribution in [0.15, 0.2) is 110 Å². The second-order valence-electron chi connectivity index (χ2n) is 16.4. The Bertz CT molecular complexity index is 2610. The standard InChI is InChI=1S/C46H51N5O/c1-44(2,3)28-32-16-18-48-43(25-32)51-40-13-11-10-12-38(40)39-15-14-36(26-41(39)51)52-37-17-19-47-42(27-37)50-21-20-49(31-50)35-23-33(29-45(4,5)6)22-34(24-35)30-46(7,8)9/h10-27H,28-30H2,1-9H3/i28D2,29D2,30D2. The third-order valence-corrected chi connectivity index (χ3v) is 8.15. The van der Waals surface area contributed by atoms with Gasteiger partial charge >= 0.3 is 0 Å². The van der Waals surface area contributed by atoms with E-state index in [2.05, 4.69) is 17.4 Å². The summed E-state index contributed by atoms with van der Waals surface area (Å²) >= 11 is 0. The summed E-state index contributed by atoms with van der Waals surface area (Å²) in [7, 11) is 0. The molecule has 7 rings (SSSR count). The van der Waals surface area contributed by atoms with Gasteiger partial charge in [0.05, 0.1) is 16.7 Å². The van der Waals surface area contributed by atoms with Gasteiger partial charge in [0.15, 0.2) is 5.82 Å². The molecule has 4 heterocycles. The van der Waals surface area contributed by atoms with Gasteiger partial charge in [-0.05, 0) is 89.5 Å². The highest BCUT2D eigenvalue weighted by Gasteiger charge is 2.19. The zero-order valence-corrected chi connectivity index (χ0v) is 31.5. The SMILES string of the molecule is [2H]C([2H])(c1cc(-[n+]2[c-]n(-c3cc(Oc4ccc5c6ccccc6n(-c6cc(C([2H])([2H])C(C)(C)C)ccn6)c5c4)ccn3)cc2)cc(C([2H])([2H])C(C)(C)C)c1)C(C)(C)C. The molecule has 0 fully saturated rings. The van der Waals surface area contributed by atoms with Gasteiger partial charge in [-0.1, -0.05) is 97.7 Å². The van der Waals surface area contributed by atoms with E-state index in [0.29, 0.717) is 45.5 Å². The molecule has 0 amide bonds. The Morgan fingerprint density at radius 1 is 0.635 bits per heavy atom. The number of benzene rings is 3. The average Bonchev–Trinajstić information content (AvgIpc) is 3.77. The van der Waals surface area contributed by atoms with Crippen molar-refractivity contribution in [3.63, 3.8) is 0 Å². The highest BCUT2D eigenvalue weighted by molar-refractivity contribution is 6.09. The van der Waals surface area contributed by atoms with Crippen LogP contribution in [0.1, 0.15) is 87.2 Å². The van der Waals surface area contributed by atoms with Crippen LogP contribution >= 0.6 is 0 Å². The van der Waals surface area contributed by atoms with Gasteiger partial charge in [0, 0.05) is 55.9 Å². The van der Waals surface area contributed by atoms with Crippen molar-refractivity contribution in [2.45, 2.75) is 81.4 Å². The lowest BCUT2D eigenvalue weighted by Gasteiger charge is -2.22. The first-order valence-electron chi connectivity index (χ1n) is 20.7. The van der Waals surface area contributed by atoms with Crippen molar-refractivity contribution in [2.24, 2.45) is 16.2 Å². The van der Waals surface area contributed by atoms with Gasteiger partial charge < -0.3 is 4.74 Å². The molecule has 0 saturated heterocycles. The van der Waals surface area contributed by atoms with Crippen LogP contribution in [0.25, 0.3) is 39.1 Å². The topological polar surface area (TPSA) is 48.8 Å². The summed E-state index contributed by atoms with van der Waals surface area (Å²) in [6.45, 7) is 16.8. The van der Waals surface area contributed by atoms with Crippen LogP contribution in [0, 0.1) is 22.6 Å². The van der Waals surface area contributed by atoms with Gasteiger partial charge in [0.2, 0.25) is 0 Å². The summed E-state index contributed by atoms with van der Waals surface area (Å²) in [6.07, 6.45) is 5.12.